The molecule has 0 bridgehead atoms. The van der Waals surface area contributed by atoms with Crippen LogP contribution in [0.5, 0.6) is 5.75 Å². The van der Waals surface area contributed by atoms with Gasteiger partial charge in [0.2, 0.25) is 0 Å². The zero-order valence-corrected chi connectivity index (χ0v) is 14.5. The Balaban J connectivity index is 1.76. The minimum Gasteiger partial charge on any atom is -0.435 e. The zero-order valence-electron chi connectivity index (χ0n) is 14.5. The molecule has 8 heteroatoms. The predicted molar refractivity (Wildman–Crippen MR) is 91.8 cm³/mol. The van der Waals surface area contributed by atoms with Crippen molar-refractivity contribution >= 4 is 17.7 Å². The molecule has 140 valence electrons. The molecule has 0 saturated heterocycles. The van der Waals surface area contributed by atoms with Crippen LogP contribution in [0, 0.1) is 0 Å². The van der Waals surface area contributed by atoms with Gasteiger partial charge in [0.15, 0.2) is 0 Å². The highest BCUT2D eigenvalue weighted by molar-refractivity contribution is 6.21. The van der Waals surface area contributed by atoms with Gasteiger partial charge in [-0.15, -0.1) is 0 Å². The van der Waals surface area contributed by atoms with Gasteiger partial charge in [-0.05, 0) is 42.8 Å². The summed E-state index contributed by atoms with van der Waals surface area (Å²) in [6.45, 7) is -1.25. The van der Waals surface area contributed by atoms with Crippen LogP contribution in [0.3, 0.4) is 0 Å². The first-order chi connectivity index (χ1) is 12.8. The lowest BCUT2D eigenvalue weighted by Gasteiger charge is -2.16. The van der Waals surface area contributed by atoms with Crippen LogP contribution < -0.4 is 10.1 Å². The van der Waals surface area contributed by atoms with Gasteiger partial charge < -0.3 is 10.1 Å². The topological polar surface area (TPSA) is 75.7 Å². The van der Waals surface area contributed by atoms with Crippen molar-refractivity contribution in [3.8, 4) is 5.75 Å². The van der Waals surface area contributed by atoms with Gasteiger partial charge in [-0.3, -0.25) is 19.3 Å². The van der Waals surface area contributed by atoms with Crippen molar-refractivity contribution in [2.75, 3.05) is 7.05 Å². The lowest BCUT2D eigenvalue weighted by Crippen LogP contribution is -2.27. The van der Waals surface area contributed by atoms with Crippen molar-refractivity contribution in [3.63, 3.8) is 0 Å². The molecule has 27 heavy (non-hydrogen) atoms. The van der Waals surface area contributed by atoms with E-state index in [1.165, 1.54) is 37.4 Å². The van der Waals surface area contributed by atoms with Gasteiger partial charge in [0, 0.05) is 12.6 Å². The number of halogens is 2. The van der Waals surface area contributed by atoms with E-state index in [1.807, 2.05) is 0 Å². The molecule has 3 amide bonds. The van der Waals surface area contributed by atoms with Crippen molar-refractivity contribution < 1.29 is 27.9 Å². The summed E-state index contributed by atoms with van der Waals surface area (Å²) in [5.41, 5.74) is 1.23. The monoisotopic (exact) mass is 374 g/mol. The first kappa shape index (κ1) is 18.5. The molecule has 3 rings (SSSR count). The number of hydrogen-bond acceptors (Lipinski definition) is 4. The highest BCUT2D eigenvalue weighted by atomic mass is 19.3. The third-order valence-electron chi connectivity index (χ3n) is 4.28. The Kier molecular flexibility index (Phi) is 4.89. The maximum absolute atomic E-state index is 12.5. The van der Waals surface area contributed by atoms with Crippen LogP contribution in [-0.2, 0) is 0 Å². The lowest BCUT2D eigenvalue weighted by atomic mass is 10.0. The standard InChI is InChI=1S/C19H16F2N2O4/c1-10(11-4-3-5-13(8-11)27-19(20)21)22-16(24)12-6-7-14-15(9-12)18(26)23(2)17(14)25/h3-10,19H,1-2H3,(H,22,24). The van der Waals surface area contributed by atoms with Gasteiger partial charge in [-0.25, -0.2) is 0 Å². The van der Waals surface area contributed by atoms with E-state index in [1.54, 1.807) is 19.1 Å². The fourth-order valence-electron chi connectivity index (χ4n) is 2.83. The number of ether oxygens (including phenoxy) is 1. The minimum absolute atomic E-state index is 0.00623. The number of carbonyl (C=O) groups is 3. The van der Waals surface area contributed by atoms with E-state index in [9.17, 15) is 23.2 Å². The second-order valence-electron chi connectivity index (χ2n) is 6.08. The van der Waals surface area contributed by atoms with Crippen LogP contribution in [0.1, 0.15) is 49.6 Å². The van der Waals surface area contributed by atoms with Crippen LogP contribution >= 0.6 is 0 Å². The number of alkyl halides is 2. The molecule has 1 atom stereocenters. The molecule has 0 fully saturated rings. The number of nitrogens with one attached hydrogen (secondary N) is 1. The number of hydrogen-bond donors (Lipinski definition) is 1. The van der Waals surface area contributed by atoms with Crippen molar-refractivity contribution in [2.24, 2.45) is 0 Å². The van der Waals surface area contributed by atoms with Crippen LogP contribution in [0.4, 0.5) is 8.78 Å². The minimum atomic E-state index is -2.94. The Morgan fingerprint density at radius 1 is 1.07 bits per heavy atom. The molecule has 1 aliphatic heterocycles. The normalized spacial score (nSPS) is 14.3. The second-order valence-corrected chi connectivity index (χ2v) is 6.08. The average molecular weight is 374 g/mol. The number of amides is 3. The van der Waals surface area contributed by atoms with E-state index >= 15 is 0 Å². The summed E-state index contributed by atoms with van der Waals surface area (Å²) in [6, 6.07) is 9.80. The first-order valence-corrected chi connectivity index (χ1v) is 8.10. The summed E-state index contributed by atoms with van der Waals surface area (Å²) in [4.78, 5) is 37.4. The smallest absolute Gasteiger partial charge is 0.387 e. The van der Waals surface area contributed by atoms with Gasteiger partial charge in [0.25, 0.3) is 17.7 Å². The summed E-state index contributed by atoms with van der Waals surface area (Å²) in [5.74, 6) is -1.34. The SMILES string of the molecule is CC(NC(=O)c1ccc2c(c1)C(=O)N(C)C2=O)c1cccc(OC(F)F)c1. The molecule has 1 N–H and O–H groups in total. The number of rotatable bonds is 5. The second kappa shape index (κ2) is 7.14. The lowest BCUT2D eigenvalue weighted by molar-refractivity contribution is -0.0499. The number of carbonyl (C=O) groups excluding carboxylic acids is 3. The van der Waals surface area contributed by atoms with Gasteiger partial charge in [-0.2, -0.15) is 8.78 Å². The quantitative estimate of drug-likeness (QED) is 0.817. The summed E-state index contributed by atoms with van der Waals surface area (Å²) < 4.78 is 29.0. The van der Waals surface area contributed by atoms with Gasteiger partial charge in [-0.1, -0.05) is 12.1 Å². The number of benzene rings is 2. The number of nitrogens with zero attached hydrogens (tertiary/aromatic N) is 1. The van der Waals surface area contributed by atoms with Crippen LogP contribution in [0.2, 0.25) is 0 Å². The van der Waals surface area contributed by atoms with Gasteiger partial charge in [0.1, 0.15) is 5.75 Å². The van der Waals surface area contributed by atoms with E-state index in [0.717, 1.165) is 4.90 Å². The molecule has 2 aromatic rings. The molecule has 2 aromatic carbocycles. The largest absolute Gasteiger partial charge is 0.435 e. The van der Waals surface area contributed by atoms with Crippen LogP contribution in [-0.4, -0.2) is 36.3 Å². The first-order valence-electron chi connectivity index (χ1n) is 8.10. The van der Waals surface area contributed by atoms with Crippen LogP contribution in [0.15, 0.2) is 42.5 Å². The molecule has 0 spiro atoms. The highest BCUT2D eigenvalue weighted by Crippen LogP contribution is 2.24. The average Bonchev–Trinajstić information content (AvgIpc) is 2.85. The van der Waals surface area contributed by atoms with Crippen LogP contribution in [0.25, 0.3) is 0 Å². The highest BCUT2D eigenvalue weighted by Gasteiger charge is 2.33. The molecule has 1 aliphatic rings. The van der Waals surface area contributed by atoms with E-state index in [0.29, 0.717) is 5.56 Å². The molecule has 1 heterocycles. The van der Waals surface area contributed by atoms with Crippen molar-refractivity contribution in [1.82, 2.24) is 10.2 Å². The van der Waals surface area contributed by atoms with E-state index in [-0.39, 0.29) is 22.4 Å². The summed E-state index contributed by atoms with van der Waals surface area (Å²) >= 11 is 0. The Hall–Kier alpha value is -3.29. The summed E-state index contributed by atoms with van der Waals surface area (Å²) in [6.07, 6.45) is 0. The predicted octanol–water partition coefficient (Wildman–Crippen LogP) is 3.00. The summed E-state index contributed by atoms with van der Waals surface area (Å²) in [7, 11) is 1.38. The number of imide groups is 1. The Morgan fingerprint density at radius 3 is 2.48 bits per heavy atom. The van der Waals surface area contributed by atoms with Gasteiger partial charge >= 0.3 is 6.61 Å². The van der Waals surface area contributed by atoms with E-state index in [4.69, 9.17) is 0 Å². The molecular weight excluding hydrogens is 358 g/mol. The Bertz CT molecular complexity index is 930. The maximum atomic E-state index is 12.5. The van der Waals surface area contributed by atoms with Crippen molar-refractivity contribution in [3.05, 3.63) is 64.7 Å². The molecule has 0 saturated carbocycles. The molecule has 6 nitrogen and oxygen atoms in total. The molecule has 0 aromatic heterocycles. The van der Waals surface area contributed by atoms with E-state index in [2.05, 4.69) is 10.1 Å². The molecule has 0 radical (unpaired) electrons. The number of fused-ring (bicyclic) bond motifs is 1. The Labute approximate surface area is 153 Å². The van der Waals surface area contributed by atoms with Crippen molar-refractivity contribution in [1.29, 1.82) is 0 Å². The van der Waals surface area contributed by atoms with E-state index < -0.39 is 30.4 Å². The van der Waals surface area contributed by atoms with Gasteiger partial charge in [0.05, 0.1) is 17.2 Å². The maximum Gasteiger partial charge on any atom is 0.387 e. The molecule has 0 aliphatic carbocycles. The fourth-order valence-corrected chi connectivity index (χ4v) is 2.83. The summed E-state index contributed by atoms with van der Waals surface area (Å²) in [5, 5.41) is 2.73. The third kappa shape index (κ3) is 3.64. The van der Waals surface area contributed by atoms with Crippen molar-refractivity contribution in [2.45, 2.75) is 19.6 Å². The molecular formula is C19H16F2N2O4. The Morgan fingerprint density at radius 2 is 1.78 bits per heavy atom. The molecule has 1 unspecified atom stereocenters. The fraction of sp³-hybridized carbons (Fsp3) is 0.211. The third-order valence-corrected chi connectivity index (χ3v) is 4.28. The zero-order chi connectivity index (χ0) is 19.7.